The summed E-state index contributed by atoms with van der Waals surface area (Å²) in [5, 5.41) is 4.63. The van der Waals surface area contributed by atoms with E-state index in [1.165, 1.54) is 5.01 Å². The molecule has 0 saturated carbocycles. The third kappa shape index (κ3) is 2.48. The van der Waals surface area contributed by atoms with E-state index in [1.807, 2.05) is 54.6 Å². The summed E-state index contributed by atoms with van der Waals surface area (Å²) in [4.78, 5) is 11.3. The summed E-state index contributed by atoms with van der Waals surface area (Å²) in [7, 11) is 1.60. The first kappa shape index (κ1) is 13.6. The molecule has 3 rings (SSSR count). The molecule has 0 unspecified atom stereocenters. The van der Waals surface area contributed by atoms with Gasteiger partial charge in [-0.2, -0.15) is 0 Å². The molecule has 1 aliphatic heterocycles. The summed E-state index contributed by atoms with van der Waals surface area (Å²) in [5.74, 6) is 0.685. The standard InChI is InChI=1S/C16H16N2O3/c1-20-15-10-6-5-9-13(15)16-18(17-19)14(11-21-16)12-7-3-2-4-8-12/h2-10,14,16H,11H2,1H3/t14-,16+/m1/s1. The molecule has 0 amide bonds. The van der Waals surface area contributed by atoms with Crippen molar-refractivity contribution in [3.8, 4) is 5.75 Å². The molecule has 21 heavy (non-hydrogen) atoms. The quantitative estimate of drug-likeness (QED) is 0.807. The van der Waals surface area contributed by atoms with E-state index in [4.69, 9.17) is 9.47 Å². The SMILES string of the molecule is COc1ccccc1[C@@H]1OC[C@H](c2ccccc2)N1N=O. The van der Waals surface area contributed by atoms with Crippen molar-refractivity contribution in [1.82, 2.24) is 5.01 Å². The van der Waals surface area contributed by atoms with E-state index in [1.54, 1.807) is 7.11 Å². The average molecular weight is 284 g/mol. The normalized spacial score (nSPS) is 21.3. The minimum absolute atomic E-state index is 0.182. The van der Waals surface area contributed by atoms with Crippen LogP contribution in [0.4, 0.5) is 0 Å². The van der Waals surface area contributed by atoms with Gasteiger partial charge in [0, 0.05) is 5.56 Å². The predicted octanol–water partition coefficient (Wildman–Crippen LogP) is 3.45. The van der Waals surface area contributed by atoms with Crippen LogP contribution in [-0.4, -0.2) is 18.7 Å². The zero-order valence-electron chi connectivity index (χ0n) is 11.7. The van der Waals surface area contributed by atoms with Crippen LogP contribution in [0.2, 0.25) is 0 Å². The van der Waals surface area contributed by atoms with E-state index in [0.29, 0.717) is 12.4 Å². The molecule has 0 bridgehead atoms. The van der Waals surface area contributed by atoms with Crippen LogP contribution in [0, 0.1) is 4.91 Å². The Balaban J connectivity index is 1.93. The average Bonchev–Trinajstić information content (AvgIpc) is 2.99. The first-order chi connectivity index (χ1) is 10.3. The van der Waals surface area contributed by atoms with Crippen molar-refractivity contribution in [2.45, 2.75) is 12.3 Å². The van der Waals surface area contributed by atoms with E-state index < -0.39 is 6.23 Å². The fourth-order valence-electron chi connectivity index (χ4n) is 2.63. The number of para-hydroxylation sites is 1. The lowest BCUT2D eigenvalue weighted by atomic mass is 10.1. The zero-order chi connectivity index (χ0) is 14.7. The molecular formula is C16H16N2O3. The Morgan fingerprint density at radius 2 is 1.86 bits per heavy atom. The van der Waals surface area contributed by atoms with Crippen molar-refractivity contribution in [2.24, 2.45) is 5.29 Å². The maximum atomic E-state index is 11.3. The Morgan fingerprint density at radius 3 is 2.57 bits per heavy atom. The van der Waals surface area contributed by atoms with Gasteiger partial charge in [0.25, 0.3) is 0 Å². The second-order valence-corrected chi connectivity index (χ2v) is 4.82. The highest BCUT2D eigenvalue weighted by atomic mass is 16.5. The number of nitroso groups, excluding NO2 is 1. The maximum Gasteiger partial charge on any atom is 0.179 e. The number of hydrogen-bond acceptors (Lipinski definition) is 4. The van der Waals surface area contributed by atoms with Crippen molar-refractivity contribution in [3.63, 3.8) is 0 Å². The van der Waals surface area contributed by atoms with Crippen molar-refractivity contribution in [3.05, 3.63) is 70.6 Å². The Labute approximate surface area is 123 Å². The van der Waals surface area contributed by atoms with Crippen LogP contribution in [-0.2, 0) is 4.74 Å². The van der Waals surface area contributed by atoms with Gasteiger partial charge in [0.05, 0.1) is 19.0 Å². The lowest BCUT2D eigenvalue weighted by Crippen LogP contribution is -2.21. The smallest absolute Gasteiger partial charge is 0.179 e. The summed E-state index contributed by atoms with van der Waals surface area (Å²) in [6.07, 6.45) is -0.524. The van der Waals surface area contributed by atoms with Gasteiger partial charge < -0.3 is 9.47 Å². The van der Waals surface area contributed by atoms with Gasteiger partial charge in [0.2, 0.25) is 0 Å². The molecule has 5 heteroatoms. The lowest BCUT2D eigenvalue weighted by molar-refractivity contribution is 0.0276. The van der Waals surface area contributed by atoms with Crippen molar-refractivity contribution >= 4 is 0 Å². The van der Waals surface area contributed by atoms with E-state index in [-0.39, 0.29) is 6.04 Å². The third-order valence-electron chi connectivity index (χ3n) is 3.66. The van der Waals surface area contributed by atoms with Crippen LogP contribution in [0.15, 0.2) is 59.9 Å². The van der Waals surface area contributed by atoms with Gasteiger partial charge in [-0.15, -0.1) is 4.91 Å². The first-order valence-electron chi connectivity index (χ1n) is 6.76. The second-order valence-electron chi connectivity index (χ2n) is 4.82. The van der Waals surface area contributed by atoms with Gasteiger partial charge in [-0.3, -0.25) is 0 Å². The van der Waals surface area contributed by atoms with Crippen molar-refractivity contribution < 1.29 is 9.47 Å². The van der Waals surface area contributed by atoms with Crippen LogP contribution in [0.1, 0.15) is 23.4 Å². The number of benzene rings is 2. The topological polar surface area (TPSA) is 51.1 Å². The molecule has 0 aliphatic carbocycles. The molecule has 1 aliphatic rings. The van der Waals surface area contributed by atoms with Crippen LogP contribution in [0.25, 0.3) is 0 Å². The molecule has 2 aromatic carbocycles. The highest BCUT2D eigenvalue weighted by molar-refractivity contribution is 5.35. The summed E-state index contributed by atoms with van der Waals surface area (Å²) in [6.45, 7) is 0.415. The summed E-state index contributed by atoms with van der Waals surface area (Å²) < 4.78 is 11.1. The highest BCUT2D eigenvalue weighted by Crippen LogP contribution is 2.41. The van der Waals surface area contributed by atoms with E-state index in [9.17, 15) is 4.91 Å². The van der Waals surface area contributed by atoms with Gasteiger partial charge in [-0.05, 0) is 11.6 Å². The fraction of sp³-hybridized carbons (Fsp3) is 0.250. The molecule has 108 valence electrons. The van der Waals surface area contributed by atoms with Crippen molar-refractivity contribution in [1.29, 1.82) is 0 Å². The van der Waals surface area contributed by atoms with Gasteiger partial charge >= 0.3 is 0 Å². The number of nitrogens with zero attached hydrogens (tertiary/aromatic N) is 2. The number of ether oxygens (including phenoxy) is 2. The van der Waals surface area contributed by atoms with E-state index >= 15 is 0 Å². The number of hydrogen-bond donors (Lipinski definition) is 0. The fourth-order valence-corrected chi connectivity index (χ4v) is 2.63. The molecule has 1 heterocycles. The van der Waals surface area contributed by atoms with Gasteiger partial charge in [-0.1, -0.05) is 48.5 Å². The third-order valence-corrected chi connectivity index (χ3v) is 3.66. The molecule has 1 fully saturated rings. The molecular weight excluding hydrogens is 268 g/mol. The largest absolute Gasteiger partial charge is 0.496 e. The zero-order valence-corrected chi connectivity index (χ0v) is 11.7. The highest BCUT2D eigenvalue weighted by Gasteiger charge is 2.38. The van der Waals surface area contributed by atoms with Crippen LogP contribution in [0.5, 0.6) is 5.75 Å². The first-order valence-corrected chi connectivity index (χ1v) is 6.76. The van der Waals surface area contributed by atoms with Gasteiger partial charge in [0.15, 0.2) is 6.23 Å². The predicted molar refractivity (Wildman–Crippen MR) is 78.5 cm³/mol. The van der Waals surface area contributed by atoms with Gasteiger partial charge in [-0.25, -0.2) is 5.01 Å². The lowest BCUT2D eigenvalue weighted by Gasteiger charge is -2.23. The Morgan fingerprint density at radius 1 is 1.14 bits per heavy atom. The molecule has 0 spiro atoms. The summed E-state index contributed by atoms with van der Waals surface area (Å²) in [5.41, 5.74) is 1.81. The van der Waals surface area contributed by atoms with Crippen LogP contribution < -0.4 is 4.74 Å². The van der Waals surface area contributed by atoms with E-state index in [2.05, 4.69) is 5.29 Å². The Bertz CT molecular complexity index is 618. The van der Waals surface area contributed by atoms with Crippen LogP contribution >= 0.6 is 0 Å². The molecule has 2 aromatic rings. The second kappa shape index (κ2) is 5.93. The van der Waals surface area contributed by atoms with Crippen molar-refractivity contribution in [2.75, 3.05) is 13.7 Å². The minimum Gasteiger partial charge on any atom is -0.496 e. The monoisotopic (exact) mass is 284 g/mol. The number of rotatable bonds is 4. The molecule has 0 N–H and O–H groups in total. The molecule has 1 saturated heterocycles. The summed E-state index contributed by atoms with van der Waals surface area (Å²) >= 11 is 0. The molecule has 0 radical (unpaired) electrons. The number of methoxy groups -OCH3 is 1. The maximum absolute atomic E-state index is 11.3. The molecule has 0 aromatic heterocycles. The van der Waals surface area contributed by atoms with E-state index in [0.717, 1.165) is 11.1 Å². The molecule has 5 nitrogen and oxygen atoms in total. The van der Waals surface area contributed by atoms with Crippen LogP contribution in [0.3, 0.4) is 0 Å². The Kier molecular flexibility index (Phi) is 3.83. The summed E-state index contributed by atoms with van der Waals surface area (Å²) in [6, 6.07) is 17.1. The molecule has 2 atom stereocenters. The Hall–Kier alpha value is -2.40. The van der Waals surface area contributed by atoms with Gasteiger partial charge in [0.1, 0.15) is 11.8 Å². The minimum atomic E-state index is -0.524.